The van der Waals surface area contributed by atoms with Gasteiger partial charge in [-0.2, -0.15) is 5.10 Å². The number of hydrazone groups is 1. The summed E-state index contributed by atoms with van der Waals surface area (Å²) in [5.41, 5.74) is 4.48. The zero-order valence-corrected chi connectivity index (χ0v) is 16.4. The maximum absolute atomic E-state index is 12.1. The monoisotopic (exact) mass is 389 g/mol. The highest BCUT2D eigenvalue weighted by atomic mass is 16.5. The number of aryl methyl sites for hydroxylation is 1. The van der Waals surface area contributed by atoms with Crippen molar-refractivity contribution in [2.45, 2.75) is 20.3 Å². The lowest BCUT2D eigenvalue weighted by Crippen LogP contribution is -2.32. The first-order valence-corrected chi connectivity index (χ1v) is 9.44. The van der Waals surface area contributed by atoms with Gasteiger partial charge in [-0.1, -0.05) is 55.5 Å². The molecule has 6 nitrogen and oxygen atoms in total. The van der Waals surface area contributed by atoms with Crippen molar-refractivity contribution in [2.75, 3.05) is 11.9 Å². The molecule has 0 fully saturated rings. The van der Waals surface area contributed by atoms with Gasteiger partial charge < -0.3 is 10.1 Å². The second-order valence-electron chi connectivity index (χ2n) is 6.52. The molecule has 3 aromatic rings. The van der Waals surface area contributed by atoms with Crippen LogP contribution < -0.4 is 15.5 Å². The Labute approximate surface area is 169 Å². The third-order valence-electron chi connectivity index (χ3n) is 4.35. The van der Waals surface area contributed by atoms with Gasteiger partial charge in [0.05, 0.1) is 12.8 Å². The highest BCUT2D eigenvalue weighted by Crippen LogP contribution is 2.26. The van der Waals surface area contributed by atoms with E-state index in [1.165, 1.54) is 6.21 Å². The quantitative estimate of drug-likeness (QED) is 0.380. The lowest BCUT2D eigenvalue weighted by atomic mass is 10.0. The van der Waals surface area contributed by atoms with Crippen LogP contribution in [0.15, 0.2) is 65.8 Å². The maximum Gasteiger partial charge on any atom is 0.329 e. The van der Waals surface area contributed by atoms with Crippen LogP contribution in [0.5, 0.6) is 5.75 Å². The Bertz CT molecular complexity index is 1060. The number of para-hydroxylation sites is 1. The molecule has 148 valence electrons. The fourth-order valence-corrected chi connectivity index (χ4v) is 2.85. The average molecular weight is 389 g/mol. The Morgan fingerprint density at radius 1 is 1.00 bits per heavy atom. The van der Waals surface area contributed by atoms with Gasteiger partial charge in [-0.05, 0) is 41.8 Å². The van der Waals surface area contributed by atoms with Gasteiger partial charge >= 0.3 is 11.8 Å². The molecule has 0 heterocycles. The minimum atomic E-state index is -0.847. The molecule has 2 N–H and O–H groups in total. The van der Waals surface area contributed by atoms with Crippen LogP contribution in [0, 0.1) is 6.92 Å². The highest BCUT2D eigenvalue weighted by molar-refractivity contribution is 6.39. The van der Waals surface area contributed by atoms with E-state index >= 15 is 0 Å². The molecule has 0 spiro atoms. The molecule has 3 aromatic carbocycles. The van der Waals surface area contributed by atoms with Gasteiger partial charge in [0, 0.05) is 11.3 Å². The number of hydrogen-bond acceptors (Lipinski definition) is 4. The minimum absolute atomic E-state index is 0.574. The summed E-state index contributed by atoms with van der Waals surface area (Å²) in [5, 5.41) is 8.53. The van der Waals surface area contributed by atoms with E-state index in [-0.39, 0.29) is 0 Å². The van der Waals surface area contributed by atoms with Crippen molar-refractivity contribution in [2.24, 2.45) is 5.10 Å². The van der Waals surface area contributed by atoms with Crippen molar-refractivity contribution in [1.29, 1.82) is 0 Å². The van der Waals surface area contributed by atoms with Crippen molar-refractivity contribution in [1.82, 2.24) is 5.43 Å². The summed E-state index contributed by atoms with van der Waals surface area (Å²) < 4.78 is 5.81. The van der Waals surface area contributed by atoms with Crippen molar-refractivity contribution >= 4 is 34.5 Å². The molecule has 0 aliphatic rings. The number of hydrogen-bond donors (Lipinski definition) is 2. The number of benzene rings is 3. The first-order valence-electron chi connectivity index (χ1n) is 9.44. The average Bonchev–Trinajstić information content (AvgIpc) is 2.74. The molecule has 0 aliphatic heterocycles. The lowest BCUT2D eigenvalue weighted by molar-refractivity contribution is -0.136. The Balaban J connectivity index is 1.75. The SMILES string of the molecule is CCCOc1ccc2ccccc2c1/C=N\NC(=O)C(=O)Nc1ccccc1C. The van der Waals surface area contributed by atoms with Crippen LogP contribution in [0.25, 0.3) is 10.8 Å². The van der Waals surface area contributed by atoms with Gasteiger partial charge in [-0.25, -0.2) is 5.43 Å². The maximum atomic E-state index is 12.1. The third kappa shape index (κ3) is 4.99. The van der Waals surface area contributed by atoms with Crippen molar-refractivity contribution in [3.05, 3.63) is 71.8 Å². The van der Waals surface area contributed by atoms with Crippen LogP contribution in [0.3, 0.4) is 0 Å². The van der Waals surface area contributed by atoms with E-state index < -0.39 is 11.8 Å². The minimum Gasteiger partial charge on any atom is -0.493 e. The summed E-state index contributed by atoms with van der Waals surface area (Å²) >= 11 is 0. The number of nitrogens with one attached hydrogen (secondary N) is 2. The van der Waals surface area contributed by atoms with E-state index in [4.69, 9.17) is 4.74 Å². The number of nitrogens with zero attached hydrogens (tertiary/aromatic N) is 1. The normalized spacial score (nSPS) is 10.8. The van der Waals surface area contributed by atoms with Gasteiger partial charge in [0.2, 0.25) is 0 Å². The molecule has 29 heavy (non-hydrogen) atoms. The number of fused-ring (bicyclic) bond motifs is 1. The van der Waals surface area contributed by atoms with Crippen molar-refractivity contribution in [3.63, 3.8) is 0 Å². The fourth-order valence-electron chi connectivity index (χ4n) is 2.85. The molecule has 0 aliphatic carbocycles. The molecule has 0 saturated heterocycles. The molecule has 0 saturated carbocycles. The predicted molar refractivity (Wildman–Crippen MR) is 115 cm³/mol. The van der Waals surface area contributed by atoms with Crippen molar-refractivity contribution in [3.8, 4) is 5.75 Å². The van der Waals surface area contributed by atoms with Crippen LogP contribution in [0.2, 0.25) is 0 Å². The first-order chi connectivity index (χ1) is 14.1. The number of amides is 2. The predicted octanol–water partition coefficient (Wildman–Crippen LogP) is 4.03. The summed E-state index contributed by atoms with van der Waals surface area (Å²) in [6.07, 6.45) is 2.38. The molecule has 0 aromatic heterocycles. The van der Waals surface area contributed by atoms with Gasteiger partial charge in [-0.15, -0.1) is 0 Å². The van der Waals surface area contributed by atoms with Crippen molar-refractivity contribution < 1.29 is 14.3 Å². The largest absolute Gasteiger partial charge is 0.493 e. The van der Waals surface area contributed by atoms with Gasteiger partial charge in [0.15, 0.2) is 0 Å². The topological polar surface area (TPSA) is 79.8 Å². The van der Waals surface area contributed by atoms with E-state index in [0.717, 1.165) is 28.3 Å². The van der Waals surface area contributed by atoms with Gasteiger partial charge in [0.1, 0.15) is 5.75 Å². The van der Waals surface area contributed by atoms with Crippen LogP contribution in [0.1, 0.15) is 24.5 Å². The van der Waals surface area contributed by atoms with Crippen LogP contribution in [-0.2, 0) is 9.59 Å². The molecular weight excluding hydrogens is 366 g/mol. The third-order valence-corrected chi connectivity index (χ3v) is 4.35. The lowest BCUT2D eigenvalue weighted by Gasteiger charge is -2.11. The Hall–Kier alpha value is -3.67. The van der Waals surface area contributed by atoms with E-state index in [9.17, 15) is 9.59 Å². The molecule has 6 heteroatoms. The van der Waals surface area contributed by atoms with Crippen LogP contribution in [-0.4, -0.2) is 24.6 Å². The molecule has 0 radical (unpaired) electrons. The second-order valence-corrected chi connectivity index (χ2v) is 6.52. The standard InChI is InChI=1S/C23H23N3O3/c1-3-14-29-21-13-12-17-9-5-6-10-18(17)19(21)15-24-26-23(28)22(27)25-20-11-7-4-8-16(20)2/h4-13,15H,3,14H2,1-2H3,(H,25,27)(H,26,28)/b24-15-. The van der Waals surface area contributed by atoms with E-state index in [1.54, 1.807) is 12.1 Å². The Morgan fingerprint density at radius 2 is 1.76 bits per heavy atom. The van der Waals surface area contributed by atoms with E-state index in [2.05, 4.69) is 15.8 Å². The zero-order valence-electron chi connectivity index (χ0n) is 16.4. The Kier molecular flexibility index (Phi) is 6.58. The number of carbonyl (C=O) groups is 2. The number of ether oxygens (including phenoxy) is 1. The summed E-state index contributed by atoms with van der Waals surface area (Å²) in [5.74, 6) is -0.953. The number of anilines is 1. The first kappa shape index (κ1) is 20.1. The summed E-state index contributed by atoms with van der Waals surface area (Å²) in [6.45, 7) is 4.45. The van der Waals surface area contributed by atoms with E-state index in [0.29, 0.717) is 18.0 Å². The molecule has 0 atom stereocenters. The molecule has 0 unspecified atom stereocenters. The second kappa shape index (κ2) is 9.50. The number of carbonyl (C=O) groups excluding carboxylic acids is 2. The molecular formula is C23H23N3O3. The molecule has 2 amide bonds. The van der Waals surface area contributed by atoms with Crippen LogP contribution in [0.4, 0.5) is 5.69 Å². The number of rotatable bonds is 6. The summed E-state index contributed by atoms with van der Waals surface area (Å²) in [6, 6.07) is 18.9. The Morgan fingerprint density at radius 3 is 2.55 bits per heavy atom. The zero-order chi connectivity index (χ0) is 20.6. The smallest absolute Gasteiger partial charge is 0.329 e. The molecule has 0 bridgehead atoms. The molecule has 3 rings (SSSR count). The van der Waals surface area contributed by atoms with Crippen LogP contribution >= 0.6 is 0 Å². The van der Waals surface area contributed by atoms with E-state index in [1.807, 2.05) is 62.4 Å². The highest BCUT2D eigenvalue weighted by Gasteiger charge is 2.14. The van der Waals surface area contributed by atoms with Gasteiger partial charge in [-0.3, -0.25) is 9.59 Å². The summed E-state index contributed by atoms with van der Waals surface area (Å²) in [4.78, 5) is 24.2. The fraction of sp³-hybridized carbons (Fsp3) is 0.174. The van der Waals surface area contributed by atoms with Gasteiger partial charge in [0.25, 0.3) is 0 Å². The summed E-state index contributed by atoms with van der Waals surface area (Å²) in [7, 11) is 0.